The average molecular weight is 331 g/mol. The number of nitrogens with one attached hydrogen (secondary N) is 1. The van der Waals surface area contributed by atoms with Crippen molar-refractivity contribution in [3.05, 3.63) is 15.8 Å². The summed E-state index contributed by atoms with van der Waals surface area (Å²) >= 11 is 1.58. The van der Waals surface area contributed by atoms with Gasteiger partial charge in [-0.05, 0) is 32.8 Å². The Kier molecular flexibility index (Phi) is 5.46. The maximum absolute atomic E-state index is 12.9. The van der Waals surface area contributed by atoms with Gasteiger partial charge in [-0.25, -0.2) is 8.42 Å². The standard InChI is InChI=1S/C15H26N2O2S2/c1-11(2)16-10-14-9-15(13(4)20-14)21(18,19)17-8-6-5-7-12(17)3/h9,11-12,16H,5-8,10H2,1-4H3. The number of sulfonamides is 1. The number of hydrogen-bond donors (Lipinski definition) is 1. The highest BCUT2D eigenvalue weighted by Gasteiger charge is 2.32. The van der Waals surface area contributed by atoms with Crippen LogP contribution in [0.15, 0.2) is 11.0 Å². The van der Waals surface area contributed by atoms with E-state index in [4.69, 9.17) is 0 Å². The van der Waals surface area contributed by atoms with Crippen LogP contribution in [-0.2, 0) is 16.6 Å². The van der Waals surface area contributed by atoms with Crippen LogP contribution < -0.4 is 5.32 Å². The molecule has 4 nitrogen and oxygen atoms in total. The molecule has 1 aromatic heterocycles. The lowest BCUT2D eigenvalue weighted by molar-refractivity contribution is 0.268. The summed E-state index contributed by atoms with van der Waals surface area (Å²) < 4.78 is 27.4. The Morgan fingerprint density at radius 1 is 1.43 bits per heavy atom. The zero-order chi connectivity index (χ0) is 15.6. The van der Waals surface area contributed by atoms with Crippen molar-refractivity contribution in [2.45, 2.75) is 70.5 Å². The molecule has 0 amide bonds. The Labute approximate surface area is 132 Å². The molecule has 1 fully saturated rings. The summed E-state index contributed by atoms with van der Waals surface area (Å²) in [6, 6.07) is 2.36. The number of hydrogen-bond acceptors (Lipinski definition) is 4. The lowest BCUT2D eigenvalue weighted by Crippen LogP contribution is -2.41. The van der Waals surface area contributed by atoms with Crippen LogP contribution in [0.3, 0.4) is 0 Å². The van der Waals surface area contributed by atoms with Crippen LogP contribution in [0.2, 0.25) is 0 Å². The maximum Gasteiger partial charge on any atom is 0.244 e. The molecule has 1 saturated heterocycles. The van der Waals surface area contributed by atoms with Gasteiger partial charge in [0, 0.05) is 34.9 Å². The molecule has 0 aliphatic carbocycles. The molecular formula is C15H26N2O2S2. The van der Waals surface area contributed by atoms with E-state index in [1.165, 1.54) is 0 Å². The Morgan fingerprint density at radius 3 is 2.76 bits per heavy atom. The molecule has 2 heterocycles. The molecule has 6 heteroatoms. The van der Waals surface area contributed by atoms with Crippen molar-refractivity contribution in [2.75, 3.05) is 6.54 Å². The monoisotopic (exact) mass is 330 g/mol. The Bertz CT molecular complexity index is 578. The summed E-state index contributed by atoms with van der Waals surface area (Å²) in [6.45, 7) is 9.48. The van der Waals surface area contributed by atoms with Crippen molar-refractivity contribution < 1.29 is 8.42 Å². The molecule has 1 N–H and O–H groups in total. The fourth-order valence-corrected chi connectivity index (χ4v) is 5.98. The van der Waals surface area contributed by atoms with Crippen molar-refractivity contribution in [3.8, 4) is 0 Å². The number of rotatable bonds is 5. The van der Waals surface area contributed by atoms with Gasteiger partial charge < -0.3 is 5.32 Å². The van der Waals surface area contributed by atoms with Crippen LogP contribution in [0.25, 0.3) is 0 Å². The largest absolute Gasteiger partial charge is 0.310 e. The van der Waals surface area contributed by atoms with E-state index in [1.54, 1.807) is 15.6 Å². The van der Waals surface area contributed by atoms with Gasteiger partial charge in [-0.2, -0.15) is 4.31 Å². The maximum atomic E-state index is 12.9. The fraction of sp³-hybridized carbons (Fsp3) is 0.733. The SMILES string of the molecule is Cc1sc(CNC(C)C)cc1S(=O)(=O)N1CCCCC1C. The number of nitrogens with zero attached hydrogens (tertiary/aromatic N) is 1. The highest BCUT2D eigenvalue weighted by Crippen LogP contribution is 2.31. The molecule has 2 rings (SSSR count). The Morgan fingerprint density at radius 2 is 2.14 bits per heavy atom. The van der Waals surface area contributed by atoms with Gasteiger partial charge in [-0.3, -0.25) is 0 Å². The fourth-order valence-electron chi connectivity index (χ4n) is 2.73. The smallest absolute Gasteiger partial charge is 0.244 e. The molecule has 1 aliphatic rings. The van der Waals surface area contributed by atoms with E-state index < -0.39 is 10.0 Å². The second kappa shape index (κ2) is 6.77. The van der Waals surface area contributed by atoms with Crippen molar-refractivity contribution in [3.63, 3.8) is 0 Å². The second-order valence-electron chi connectivity index (χ2n) is 6.13. The quantitative estimate of drug-likeness (QED) is 0.902. The van der Waals surface area contributed by atoms with Gasteiger partial charge >= 0.3 is 0 Å². The van der Waals surface area contributed by atoms with Gasteiger partial charge in [0.1, 0.15) is 0 Å². The van der Waals surface area contributed by atoms with Crippen LogP contribution in [0.5, 0.6) is 0 Å². The van der Waals surface area contributed by atoms with E-state index in [9.17, 15) is 8.42 Å². The minimum atomic E-state index is -3.34. The van der Waals surface area contributed by atoms with Crippen molar-refractivity contribution in [1.82, 2.24) is 9.62 Å². The van der Waals surface area contributed by atoms with Crippen LogP contribution in [0.4, 0.5) is 0 Å². The molecule has 0 saturated carbocycles. The molecule has 1 aromatic rings. The molecule has 120 valence electrons. The molecule has 1 aliphatic heterocycles. The molecule has 1 atom stereocenters. The summed E-state index contributed by atoms with van der Waals surface area (Å²) in [6.07, 6.45) is 3.05. The predicted octanol–water partition coefficient (Wildman–Crippen LogP) is 3.12. The molecule has 0 radical (unpaired) electrons. The van der Waals surface area contributed by atoms with E-state index in [1.807, 2.05) is 19.9 Å². The second-order valence-corrected chi connectivity index (χ2v) is 9.33. The molecule has 0 aromatic carbocycles. The first kappa shape index (κ1) is 16.9. The zero-order valence-corrected chi connectivity index (χ0v) is 15.0. The van der Waals surface area contributed by atoms with Crippen molar-refractivity contribution in [1.29, 1.82) is 0 Å². The summed E-state index contributed by atoms with van der Waals surface area (Å²) in [5.74, 6) is 0. The molecule has 0 bridgehead atoms. The van der Waals surface area contributed by atoms with Gasteiger partial charge in [0.05, 0.1) is 4.90 Å². The summed E-state index contributed by atoms with van der Waals surface area (Å²) in [5.41, 5.74) is 0. The molecular weight excluding hydrogens is 304 g/mol. The van der Waals surface area contributed by atoms with Crippen molar-refractivity contribution in [2.24, 2.45) is 0 Å². The first-order chi connectivity index (χ1) is 9.82. The van der Waals surface area contributed by atoms with Crippen LogP contribution in [0, 0.1) is 6.92 Å². The number of thiophene rings is 1. The van der Waals surface area contributed by atoms with Crippen LogP contribution >= 0.6 is 11.3 Å². The van der Waals surface area contributed by atoms with E-state index in [0.717, 1.165) is 35.6 Å². The zero-order valence-electron chi connectivity index (χ0n) is 13.3. The predicted molar refractivity (Wildman–Crippen MR) is 88.2 cm³/mol. The van der Waals surface area contributed by atoms with Gasteiger partial charge in [0.25, 0.3) is 0 Å². The Balaban J connectivity index is 2.23. The topological polar surface area (TPSA) is 49.4 Å². The van der Waals surface area contributed by atoms with Gasteiger partial charge in [-0.15, -0.1) is 11.3 Å². The van der Waals surface area contributed by atoms with Gasteiger partial charge in [0.2, 0.25) is 10.0 Å². The Hall–Kier alpha value is -0.430. The third-order valence-electron chi connectivity index (χ3n) is 3.94. The first-order valence-corrected chi connectivity index (χ1v) is 9.92. The molecule has 0 spiro atoms. The summed E-state index contributed by atoms with van der Waals surface area (Å²) in [7, 11) is -3.34. The van der Waals surface area contributed by atoms with E-state index in [0.29, 0.717) is 17.5 Å². The lowest BCUT2D eigenvalue weighted by Gasteiger charge is -2.32. The number of aryl methyl sites for hydroxylation is 1. The third-order valence-corrected chi connectivity index (χ3v) is 7.26. The van der Waals surface area contributed by atoms with E-state index in [-0.39, 0.29) is 6.04 Å². The van der Waals surface area contributed by atoms with E-state index >= 15 is 0 Å². The van der Waals surface area contributed by atoms with Crippen LogP contribution in [-0.4, -0.2) is 31.4 Å². The summed E-state index contributed by atoms with van der Waals surface area (Å²) in [4.78, 5) is 2.49. The third kappa shape index (κ3) is 3.86. The first-order valence-electron chi connectivity index (χ1n) is 7.67. The normalized spacial score (nSPS) is 21.1. The van der Waals surface area contributed by atoms with Gasteiger partial charge in [-0.1, -0.05) is 20.3 Å². The van der Waals surface area contributed by atoms with Crippen molar-refractivity contribution >= 4 is 21.4 Å². The molecule has 21 heavy (non-hydrogen) atoms. The highest BCUT2D eigenvalue weighted by atomic mass is 32.2. The van der Waals surface area contributed by atoms with Gasteiger partial charge in [0.15, 0.2) is 0 Å². The summed E-state index contributed by atoms with van der Waals surface area (Å²) in [5, 5.41) is 3.34. The minimum absolute atomic E-state index is 0.111. The minimum Gasteiger partial charge on any atom is -0.310 e. The van der Waals surface area contributed by atoms with Crippen LogP contribution in [0.1, 0.15) is 49.8 Å². The average Bonchev–Trinajstić information content (AvgIpc) is 2.79. The van der Waals surface area contributed by atoms with E-state index in [2.05, 4.69) is 19.2 Å². The molecule has 1 unspecified atom stereocenters. The highest BCUT2D eigenvalue weighted by molar-refractivity contribution is 7.89. The number of piperidine rings is 1. The lowest BCUT2D eigenvalue weighted by atomic mass is 10.1.